The molecule has 3 aromatic rings. The van der Waals surface area contributed by atoms with Crippen LogP contribution in [0.1, 0.15) is 27.3 Å². The van der Waals surface area contributed by atoms with Crippen LogP contribution in [0.4, 0.5) is 17.3 Å². The first kappa shape index (κ1) is 17.9. The molecule has 0 fully saturated rings. The number of aromatic nitrogens is 2. The summed E-state index contributed by atoms with van der Waals surface area (Å²) < 4.78 is 0. The molecule has 0 radical (unpaired) electrons. The Kier molecular flexibility index (Phi) is 5.19. The van der Waals surface area contributed by atoms with Crippen molar-refractivity contribution in [3.05, 3.63) is 76.1 Å². The van der Waals surface area contributed by atoms with Gasteiger partial charge in [0, 0.05) is 22.1 Å². The van der Waals surface area contributed by atoms with E-state index in [1.54, 1.807) is 18.2 Å². The molecule has 3 rings (SSSR count). The number of nitrogens with one attached hydrogen (secondary N) is 2. The first-order valence-corrected chi connectivity index (χ1v) is 8.56. The Hall–Kier alpha value is -2.92. The van der Waals surface area contributed by atoms with Gasteiger partial charge in [0.15, 0.2) is 0 Å². The van der Waals surface area contributed by atoms with Crippen LogP contribution in [-0.2, 0) is 0 Å². The van der Waals surface area contributed by atoms with E-state index in [2.05, 4.69) is 20.6 Å². The van der Waals surface area contributed by atoms with Crippen LogP contribution in [0.3, 0.4) is 0 Å². The van der Waals surface area contributed by atoms with E-state index >= 15 is 0 Å². The molecule has 0 saturated carbocycles. The maximum Gasteiger partial charge on any atom is 0.274 e. The van der Waals surface area contributed by atoms with Crippen LogP contribution in [-0.4, -0.2) is 15.9 Å². The van der Waals surface area contributed by atoms with Gasteiger partial charge in [0.25, 0.3) is 5.91 Å². The van der Waals surface area contributed by atoms with E-state index in [1.165, 1.54) is 0 Å². The summed E-state index contributed by atoms with van der Waals surface area (Å²) in [5.74, 6) is 0.0850. The zero-order valence-corrected chi connectivity index (χ0v) is 15.6. The topological polar surface area (TPSA) is 66.9 Å². The number of hydrogen-bond donors (Lipinski definition) is 2. The van der Waals surface area contributed by atoms with Gasteiger partial charge in [-0.1, -0.05) is 23.7 Å². The summed E-state index contributed by atoms with van der Waals surface area (Å²) in [7, 11) is 0. The molecule has 2 N–H and O–H groups in total. The number of amides is 1. The third-order valence-electron chi connectivity index (χ3n) is 4.04. The van der Waals surface area contributed by atoms with E-state index in [0.29, 0.717) is 22.4 Å². The van der Waals surface area contributed by atoms with Crippen LogP contribution in [0.2, 0.25) is 5.02 Å². The van der Waals surface area contributed by atoms with Crippen molar-refractivity contribution in [3.63, 3.8) is 0 Å². The molecule has 5 nitrogen and oxygen atoms in total. The molecule has 0 spiro atoms. The smallest absolute Gasteiger partial charge is 0.274 e. The van der Waals surface area contributed by atoms with Crippen LogP contribution in [0, 0.1) is 20.8 Å². The maximum atomic E-state index is 12.6. The number of aryl methyl sites for hydroxylation is 2. The Bertz CT molecular complexity index is 955. The predicted molar refractivity (Wildman–Crippen MR) is 105 cm³/mol. The van der Waals surface area contributed by atoms with Gasteiger partial charge in [-0.2, -0.15) is 0 Å². The Balaban J connectivity index is 1.83. The minimum Gasteiger partial charge on any atom is -0.324 e. The second-order valence-corrected chi connectivity index (χ2v) is 6.49. The average molecular weight is 367 g/mol. The van der Waals surface area contributed by atoms with Gasteiger partial charge in [-0.25, -0.2) is 9.97 Å². The van der Waals surface area contributed by atoms with E-state index in [9.17, 15) is 4.79 Å². The van der Waals surface area contributed by atoms with Crippen molar-refractivity contribution in [1.82, 2.24) is 9.97 Å². The molecule has 0 bridgehead atoms. The van der Waals surface area contributed by atoms with Crippen LogP contribution in [0.5, 0.6) is 0 Å². The van der Waals surface area contributed by atoms with Crippen LogP contribution in [0.25, 0.3) is 0 Å². The molecular formula is C20H19ClN4O. The summed E-state index contributed by atoms with van der Waals surface area (Å²) >= 11 is 5.90. The minimum atomic E-state index is -0.275. The highest BCUT2D eigenvalue weighted by Gasteiger charge is 2.13. The van der Waals surface area contributed by atoms with Crippen molar-refractivity contribution in [2.75, 3.05) is 10.6 Å². The van der Waals surface area contributed by atoms with Crippen molar-refractivity contribution >= 4 is 34.8 Å². The number of anilines is 3. The lowest BCUT2D eigenvalue weighted by Crippen LogP contribution is -2.16. The highest BCUT2D eigenvalue weighted by atomic mass is 35.5. The van der Waals surface area contributed by atoms with Gasteiger partial charge >= 0.3 is 0 Å². The SMILES string of the molecule is Cc1cc(C(=O)Nc2cccc(C)c2C)nc(Nc2ccc(Cl)cc2)n1. The van der Waals surface area contributed by atoms with E-state index in [4.69, 9.17) is 11.6 Å². The Morgan fingerprint density at radius 3 is 2.46 bits per heavy atom. The largest absolute Gasteiger partial charge is 0.324 e. The summed E-state index contributed by atoms with van der Waals surface area (Å²) in [5, 5.41) is 6.66. The fourth-order valence-corrected chi connectivity index (χ4v) is 2.60. The Morgan fingerprint density at radius 2 is 1.73 bits per heavy atom. The lowest BCUT2D eigenvalue weighted by molar-refractivity contribution is 0.102. The normalized spacial score (nSPS) is 10.5. The second kappa shape index (κ2) is 7.54. The number of halogens is 1. The van der Waals surface area contributed by atoms with Gasteiger partial charge < -0.3 is 10.6 Å². The van der Waals surface area contributed by atoms with Crippen molar-refractivity contribution in [3.8, 4) is 0 Å². The summed E-state index contributed by atoms with van der Waals surface area (Å²) in [6.07, 6.45) is 0. The lowest BCUT2D eigenvalue weighted by Gasteiger charge is -2.11. The molecule has 132 valence electrons. The summed E-state index contributed by atoms with van der Waals surface area (Å²) in [6, 6.07) is 14.6. The number of carbonyl (C=O) groups is 1. The third kappa shape index (κ3) is 4.18. The zero-order valence-electron chi connectivity index (χ0n) is 14.8. The van der Waals surface area contributed by atoms with Gasteiger partial charge in [0.1, 0.15) is 5.69 Å². The third-order valence-corrected chi connectivity index (χ3v) is 4.29. The molecule has 1 aromatic heterocycles. The van der Waals surface area contributed by atoms with E-state index in [-0.39, 0.29) is 5.91 Å². The average Bonchev–Trinajstić information content (AvgIpc) is 2.60. The fraction of sp³-hybridized carbons (Fsp3) is 0.150. The highest BCUT2D eigenvalue weighted by Crippen LogP contribution is 2.20. The van der Waals surface area contributed by atoms with Crippen molar-refractivity contribution in [2.24, 2.45) is 0 Å². The first-order valence-electron chi connectivity index (χ1n) is 8.18. The first-order chi connectivity index (χ1) is 12.4. The van der Waals surface area contributed by atoms with Gasteiger partial charge in [-0.15, -0.1) is 0 Å². The van der Waals surface area contributed by atoms with Crippen LogP contribution >= 0.6 is 11.6 Å². The molecule has 0 unspecified atom stereocenters. The summed E-state index contributed by atoms with van der Waals surface area (Å²) in [6.45, 7) is 5.81. The van der Waals surface area contributed by atoms with E-state index < -0.39 is 0 Å². The highest BCUT2D eigenvalue weighted by molar-refractivity contribution is 6.30. The number of carbonyl (C=O) groups excluding carboxylic acids is 1. The molecule has 1 amide bonds. The molecule has 0 saturated heterocycles. The van der Waals surface area contributed by atoms with Gasteiger partial charge in [0.05, 0.1) is 0 Å². The van der Waals surface area contributed by atoms with Gasteiger partial charge in [-0.05, 0) is 68.3 Å². The van der Waals surface area contributed by atoms with Crippen molar-refractivity contribution < 1.29 is 4.79 Å². The van der Waals surface area contributed by atoms with E-state index in [0.717, 1.165) is 22.5 Å². The van der Waals surface area contributed by atoms with Crippen LogP contribution < -0.4 is 10.6 Å². The zero-order chi connectivity index (χ0) is 18.7. The Morgan fingerprint density at radius 1 is 1.00 bits per heavy atom. The molecular weight excluding hydrogens is 348 g/mol. The number of nitrogens with zero attached hydrogens (tertiary/aromatic N) is 2. The number of benzene rings is 2. The molecule has 26 heavy (non-hydrogen) atoms. The molecule has 6 heteroatoms. The lowest BCUT2D eigenvalue weighted by atomic mass is 10.1. The monoisotopic (exact) mass is 366 g/mol. The molecule has 1 heterocycles. The van der Waals surface area contributed by atoms with Gasteiger partial charge in [-0.3, -0.25) is 4.79 Å². The standard InChI is InChI=1S/C20H19ClN4O/c1-12-5-4-6-17(14(12)3)24-19(26)18-11-13(2)22-20(25-18)23-16-9-7-15(21)8-10-16/h4-11H,1-3H3,(H,24,26)(H,22,23,25). The Labute approximate surface area is 157 Å². The predicted octanol–water partition coefficient (Wildman–Crippen LogP) is 5.05. The molecule has 2 aromatic carbocycles. The molecule has 0 aliphatic rings. The molecule has 0 aliphatic heterocycles. The number of hydrogen-bond acceptors (Lipinski definition) is 4. The molecule has 0 aliphatic carbocycles. The van der Waals surface area contributed by atoms with Crippen LogP contribution in [0.15, 0.2) is 48.5 Å². The van der Waals surface area contributed by atoms with E-state index in [1.807, 2.05) is 51.1 Å². The second-order valence-electron chi connectivity index (χ2n) is 6.05. The maximum absolute atomic E-state index is 12.6. The summed E-state index contributed by atoms with van der Waals surface area (Å²) in [4.78, 5) is 21.3. The number of rotatable bonds is 4. The fourth-order valence-electron chi connectivity index (χ4n) is 2.48. The van der Waals surface area contributed by atoms with Crippen molar-refractivity contribution in [1.29, 1.82) is 0 Å². The minimum absolute atomic E-state index is 0.275. The molecule has 0 atom stereocenters. The quantitative estimate of drug-likeness (QED) is 0.678. The van der Waals surface area contributed by atoms with Crippen molar-refractivity contribution in [2.45, 2.75) is 20.8 Å². The van der Waals surface area contributed by atoms with Gasteiger partial charge in [0.2, 0.25) is 5.95 Å². The summed E-state index contributed by atoms with van der Waals surface area (Å²) in [5.41, 5.74) is 4.72.